The van der Waals surface area contributed by atoms with Crippen LogP contribution in [-0.2, 0) is 0 Å². The summed E-state index contributed by atoms with van der Waals surface area (Å²) >= 11 is 6.28. The molecular formula is C26H31ClN6O3. The number of nitrogens with zero attached hydrogens (tertiary/aromatic N) is 3. The van der Waals surface area contributed by atoms with Crippen LogP contribution in [0.1, 0.15) is 28.8 Å². The van der Waals surface area contributed by atoms with Crippen molar-refractivity contribution in [3.05, 3.63) is 58.7 Å². The second kappa shape index (κ2) is 11.5. The van der Waals surface area contributed by atoms with E-state index >= 15 is 0 Å². The standard InChI is InChI=1S/C26H31ClN6O3/c1-16-15-28-26(32-24(16)29-20-13-21(35-3)23(27)22(14-20)36-4)31-18-7-5-17(6-8-18)25(34)30-19-9-11-33(2)12-10-19/h5-8,13-15,19H,9-12H2,1-4H3,(H,30,34)(H2,28,29,31,32). The van der Waals surface area contributed by atoms with E-state index in [2.05, 4.69) is 37.9 Å². The second-order valence-corrected chi connectivity index (χ2v) is 9.18. The molecule has 190 valence electrons. The van der Waals surface area contributed by atoms with Gasteiger partial charge in [0.2, 0.25) is 5.95 Å². The van der Waals surface area contributed by atoms with Gasteiger partial charge < -0.3 is 30.3 Å². The molecule has 4 rings (SSSR count). The lowest BCUT2D eigenvalue weighted by atomic mass is 10.0. The van der Waals surface area contributed by atoms with E-state index in [0.717, 1.165) is 37.2 Å². The maximum absolute atomic E-state index is 12.6. The third-order valence-electron chi connectivity index (χ3n) is 6.14. The molecule has 1 fully saturated rings. The van der Waals surface area contributed by atoms with Crippen molar-refractivity contribution in [1.82, 2.24) is 20.2 Å². The molecule has 1 aromatic heterocycles. The minimum absolute atomic E-state index is 0.0528. The molecule has 3 aromatic rings. The van der Waals surface area contributed by atoms with Gasteiger partial charge in [0, 0.05) is 46.9 Å². The van der Waals surface area contributed by atoms with Crippen LogP contribution >= 0.6 is 11.6 Å². The van der Waals surface area contributed by atoms with Crippen LogP contribution in [-0.4, -0.2) is 61.2 Å². The molecule has 1 saturated heterocycles. The first-order valence-electron chi connectivity index (χ1n) is 11.7. The van der Waals surface area contributed by atoms with E-state index < -0.39 is 0 Å². The van der Waals surface area contributed by atoms with Crippen LogP contribution < -0.4 is 25.4 Å². The first kappa shape index (κ1) is 25.5. The van der Waals surface area contributed by atoms with E-state index in [9.17, 15) is 4.79 Å². The van der Waals surface area contributed by atoms with E-state index in [1.807, 2.05) is 19.1 Å². The highest BCUT2D eigenvalue weighted by molar-refractivity contribution is 6.33. The topological polar surface area (TPSA) is 101 Å². The molecule has 0 aliphatic carbocycles. The summed E-state index contributed by atoms with van der Waals surface area (Å²) in [6.45, 7) is 3.91. The molecule has 0 spiro atoms. The molecule has 0 unspecified atom stereocenters. The van der Waals surface area contributed by atoms with Crippen LogP contribution in [0.3, 0.4) is 0 Å². The van der Waals surface area contributed by atoms with Gasteiger partial charge in [-0.3, -0.25) is 4.79 Å². The monoisotopic (exact) mass is 510 g/mol. The number of piperidine rings is 1. The highest BCUT2D eigenvalue weighted by Gasteiger charge is 2.19. The highest BCUT2D eigenvalue weighted by Crippen LogP contribution is 2.38. The minimum atomic E-state index is -0.0528. The van der Waals surface area contributed by atoms with Gasteiger partial charge in [-0.25, -0.2) is 4.98 Å². The zero-order chi connectivity index (χ0) is 25.7. The fourth-order valence-corrected chi connectivity index (χ4v) is 4.23. The number of carbonyl (C=O) groups excluding carboxylic acids is 1. The Hall–Kier alpha value is -3.56. The highest BCUT2D eigenvalue weighted by atomic mass is 35.5. The summed E-state index contributed by atoms with van der Waals surface area (Å²) in [4.78, 5) is 23.9. The summed E-state index contributed by atoms with van der Waals surface area (Å²) in [5.41, 5.74) is 2.96. The number of hydrogen-bond donors (Lipinski definition) is 3. The lowest BCUT2D eigenvalue weighted by molar-refractivity contribution is 0.0917. The average molecular weight is 511 g/mol. The molecule has 1 aliphatic rings. The number of ether oxygens (including phenoxy) is 2. The first-order chi connectivity index (χ1) is 17.4. The Balaban J connectivity index is 1.43. The average Bonchev–Trinajstić information content (AvgIpc) is 2.88. The van der Waals surface area contributed by atoms with Crippen LogP contribution in [0.15, 0.2) is 42.6 Å². The van der Waals surface area contributed by atoms with Crippen LogP contribution in [0, 0.1) is 6.92 Å². The molecule has 0 saturated carbocycles. The number of halogens is 1. The van der Waals surface area contributed by atoms with E-state index in [-0.39, 0.29) is 11.9 Å². The van der Waals surface area contributed by atoms with Crippen molar-refractivity contribution in [1.29, 1.82) is 0 Å². The van der Waals surface area contributed by atoms with E-state index in [4.69, 9.17) is 21.1 Å². The van der Waals surface area contributed by atoms with Crippen molar-refractivity contribution in [2.45, 2.75) is 25.8 Å². The number of anilines is 4. The Labute approximate surface area is 216 Å². The Morgan fingerprint density at radius 2 is 1.67 bits per heavy atom. The Kier molecular flexibility index (Phi) is 8.12. The zero-order valence-corrected chi connectivity index (χ0v) is 21.6. The number of likely N-dealkylation sites (tertiary alicyclic amines) is 1. The SMILES string of the molecule is COc1cc(Nc2nc(Nc3ccc(C(=O)NC4CCN(C)CC4)cc3)ncc2C)cc(OC)c1Cl. The van der Waals surface area contributed by atoms with Gasteiger partial charge in [0.1, 0.15) is 22.3 Å². The van der Waals surface area contributed by atoms with Crippen LogP contribution in [0.25, 0.3) is 0 Å². The van der Waals surface area contributed by atoms with Crippen molar-refractivity contribution in [2.24, 2.45) is 0 Å². The zero-order valence-electron chi connectivity index (χ0n) is 20.9. The number of rotatable bonds is 8. The molecule has 1 amide bonds. The van der Waals surface area contributed by atoms with Gasteiger partial charge in [0.05, 0.1) is 14.2 Å². The number of benzene rings is 2. The predicted octanol–water partition coefficient (Wildman–Crippen LogP) is 4.77. The van der Waals surface area contributed by atoms with Gasteiger partial charge in [-0.2, -0.15) is 4.98 Å². The number of aromatic nitrogens is 2. The van der Waals surface area contributed by atoms with Crippen LogP contribution in [0.5, 0.6) is 11.5 Å². The second-order valence-electron chi connectivity index (χ2n) is 8.80. The molecule has 2 aromatic carbocycles. The summed E-state index contributed by atoms with van der Waals surface area (Å²) in [6.07, 6.45) is 3.67. The quantitative estimate of drug-likeness (QED) is 0.398. The van der Waals surface area contributed by atoms with Crippen molar-refractivity contribution in [3.63, 3.8) is 0 Å². The minimum Gasteiger partial charge on any atom is -0.495 e. The molecule has 10 heteroatoms. The normalized spacial score (nSPS) is 14.2. The number of amides is 1. The van der Waals surface area contributed by atoms with Crippen molar-refractivity contribution in [2.75, 3.05) is 45.0 Å². The molecule has 9 nitrogen and oxygen atoms in total. The van der Waals surface area contributed by atoms with Gasteiger partial charge in [0.15, 0.2) is 0 Å². The van der Waals surface area contributed by atoms with E-state index in [1.54, 1.807) is 44.7 Å². The third kappa shape index (κ3) is 6.16. The summed E-state index contributed by atoms with van der Waals surface area (Å²) in [7, 11) is 5.20. The van der Waals surface area contributed by atoms with Gasteiger partial charge in [-0.1, -0.05) is 11.6 Å². The molecule has 0 atom stereocenters. The van der Waals surface area contributed by atoms with E-state index in [1.165, 1.54) is 0 Å². The predicted molar refractivity (Wildman–Crippen MR) is 142 cm³/mol. The number of hydrogen-bond acceptors (Lipinski definition) is 8. The molecule has 36 heavy (non-hydrogen) atoms. The molecule has 0 radical (unpaired) electrons. The lowest BCUT2D eigenvalue weighted by Crippen LogP contribution is -2.43. The number of aryl methyl sites for hydroxylation is 1. The van der Waals surface area contributed by atoms with Gasteiger partial charge in [-0.05, 0) is 64.2 Å². The molecule has 2 heterocycles. The van der Waals surface area contributed by atoms with Gasteiger partial charge >= 0.3 is 0 Å². The number of nitrogens with one attached hydrogen (secondary N) is 3. The largest absolute Gasteiger partial charge is 0.495 e. The Morgan fingerprint density at radius 1 is 1.03 bits per heavy atom. The van der Waals surface area contributed by atoms with Crippen molar-refractivity contribution < 1.29 is 14.3 Å². The van der Waals surface area contributed by atoms with Crippen LogP contribution in [0.4, 0.5) is 23.1 Å². The van der Waals surface area contributed by atoms with Crippen LogP contribution in [0.2, 0.25) is 5.02 Å². The summed E-state index contributed by atoms with van der Waals surface area (Å²) in [5, 5.41) is 10.0. The van der Waals surface area contributed by atoms with Crippen molar-refractivity contribution >= 4 is 40.6 Å². The smallest absolute Gasteiger partial charge is 0.251 e. The van der Waals surface area contributed by atoms with E-state index in [0.29, 0.717) is 39.5 Å². The lowest BCUT2D eigenvalue weighted by Gasteiger charge is -2.29. The fourth-order valence-electron chi connectivity index (χ4n) is 3.96. The summed E-state index contributed by atoms with van der Waals surface area (Å²) < 4.78 is 10.7. The fraction of sp³-hybridized carbons (Fsp3) is 0.346. The maximum atomic E-state index is 12.6. The third-order valence-corrected chi connectivity index (χ3v) is 6.51. The van der Waals surface area contributed by atoms with Gasteiger partial charge in [-0.15, -0.1) is 0 Å². The van der Waals surface area contributed by atoms with Crippen molar-refractivity contribution in [3.8, 4) is 11.5 Å². The Morgan fingerprint density at radius 3 is 2.28 bits per heavy atom. The molecule has 0 bridgehead atoms. The Bertz CT molecular complexity index is 1190. The molecular weight excluding hydrogens is 480 g/mol. The number of methoxy groups -OCH3 is 2. The molecule has 3 N–H and O–H groups in total. The van der Waals surface area contributed by atoms with Gasteiger partial charge in [0.25, 0.3) is 5.91 Å². The summed E-state index contributed by atoms with van der Waals surface area (Å²) in [6, 6.07) is 11.0. The summed E-state index contributed by atoms with van der Waals surface area (Å²) in [5.74, 6) is 1.96. The number of carbonyl (C=O) groups is 1. The maximum Gasteiger partial charge on any atom is 0.251 e. The molecule has 1 aliphatic heterocycles. The first-order valence-corrected chi connectivity index (χ1v) is 12.1.